The van der Waals surface area contributed by atoms with E-state index in [2.05, 4.69) is 4.98 Å². The van der Waals surface area contributed by atoms with Crippen LogP contribution in [0.2, 0.25) is 5.02 Å². The Morgan fingerprint density at radius 1 is 1.21 bits per heavy atom. The fraction of sp³-hybridized carbons (Fsp3) is 0.250. The zero-order chi connectivity index (χ0) is 23.5. The van der Waals surface area contributed by atoms with Gasteiger partial charge < -0.3 is 9.47 Å². The standard InChI is InChI=1S/C24H21ClN2O5S/c1-14-22(16-4-3-5-18(25)10-16)26-24(33-14)27-12-17(11-21(27)29)23(30)32-13-20(28)15-6-8-19(31-2)9-7-15/h3-10,17H,11-13H2,1-2H3. The zero-order valence-electron chi connectivity index (χ0n) is 18.0. The summed E-state index contributed by atoms with van der Waals surface area (Å²) in [5.74, 6) is -1.13. The number of halogens is 1. The molecule has 0 saturated carbocycles. The second-order valence-electron chi connectivity index (χ2n) is 7.58. The van der Waals surface area contributed by atoms with Gasteiger partial charge >= 0.3 is 5.97 Å². The fourth-order valence-electron chi connectivity index (χ4n) is 3.57. The third-order valence-corrected chi connectivity index (χ3v) is 6.56. The summed E-state index contributed by atoms with van der Waals surface area (Å²) in [7, 11) is 1.54. The smallest absolute Gasteiger partial charge is 0.311 e. The highest BCUT2D eigenvalue weighted by Gasteiger charge is 2.38. The third-order valence-electron chi connectivity index (χ3n) is 5.33. The Morgan fingerprint density at radius 3 is 2.67 bits per heavy atom. The second kappa shape index (κ2) is 9.72. The number of amides is 1. The average Bonchev–Trinajstić information content (AvgIpc) is 3.39. The number of ether oxygens (including phenoxy) is 2. The molecular formula is C24H21ClN2O5S. The summed E-state index contributed by atoms with van der Waals surface area (Å²) < 4.78 is 10.3. The number of aryl methyl sites for hydroxylation is 1. The van der Waals surface area contributed by atoms with Crippen molar-refractivity contribution >= 4 is 45.7 Å². The van der Waals surface area contributed by atoms with Crippen LogP contribution in [0.25, 0.3) is 11.3 Å². The molecule has 1 unspecified atom stereocenters. The highest BCUT2D eigenvalue weighted by Crippen LogP contribution is 2.36. The molecule has 1 fully saturated rings. The first kappa shape index (κ1) is 22.9. The Kier molecular flexibility index (Phi) is 6.76. The molecule has 3 aromatic rings. The summed E-state index contributed by atoms with van der Waals surface area (Å²) >= 11 is 7.48. The Morgan fingerprint density at radius 2 is 1.97 bits per heavy atom. The van der Waals surface area contributed by atoms with Crippen molar-refractivity contribution in [2.75, 3.05) is 25.2 Å². The van der Waals surface area contributed by atoms with E-state index in [1.165, 1.54) is 23.3 Å². The minimum atomic E-state index is -0.653. The molecule has 4 rings (SSSR count). The Hall–Kier alpha value is -3.23. The van der Waals surface area contributed by atoms with Crippen molar-refractivity contribution in [3.05, 3.63) is 64.0 Å². The van der Waals surface area contributed by atoms with E-state index in [1.54, 1.807) is 30.3 Å². The van der Waals surface area contributed by atoms with Crippen LogP contribution in [0.15, 0.2) is 48.5 Å². The number of carbonyl (C=O) groups excluding carboxylic acids is 3. The summed E-state index contributed by atoms with van der Waals surface area (Å²) in [6.07, 6.45) is 0.0146. The van der Waals surface area contributed by atoms with Crippen molar-refractivity contribution < 1.29 is 23.9 Å². The van der Waals surface area contributed by atoms with E-state index < -0.39 is 11.9 Å². The predicted octanol–water partition coefficient (Wildman–Crippen LogP) is 4.56. The van der Waals surface area contributed by atoms with Crippen LogP contribution in [-0.2, 0) is 14.3 Å². The number of ketones is 1. The number of hydrogen-bond acceptors (Lipinski definition) is 7. The fourth-order valence-corrected chi connectivity index (χ4v) is 4.71. The highest BCUT2D eigenvalue weighted by molar-refractivity contribution is 7.16. The zero-order valence-corrected chi connectivity index (χ0v) is 19.6. The van der Waals surface area contributed by atoms with Crippen LogP contribution in [0.5, 0.6) is 5.75 Å². The molecular weight excluding hydrogens is 464 g/mol. The Balaban J connectivity index is 1.39. The first-order valence-electron chi connectivity index (χ1n) is 10.2. The number of rotatable bonds is 7. The lowest BCUT2D eigenvalue weighted by Crippen LogP contribution is -2.27. The number of benzene rings is 2. The van der Waals surface area contributed by atoms with Crippen LogP contribution in [-0.4, -0.2) is 42.9 Å². The van der Waals surface area contributed by atoms with Crippen LogP contribution in [0.3, 0.4) is 0 Å². The number of carbonyl (C=O) groups is 3. The van der Waals surface area contributed by atoms with Crippen LogP contribution in [0, 0.1) is 12.8 Å². The van der Waals surface area contributed by atoms with Crippen molar-refractivity contribution in [1.82, 2.24) is 4.98 Å². The number of methoxy groups -OCH3 is 1. The van der Waals surface area contributed by atoms with Gasteiger partial charge in [-0.2, -0.15) is 0 Å². The lowest BCUT2D eigenvalue weighted by Gasteiger charge is -2.13. The van der Waals surface area contributed by atoms with Gasteiger partial charge in [-0.1, -0.05) is 23.7 Å². The van der Waals surface area contributed by atoms with E-state index in [4.69, 9.17) is 21.1 Å². The summed E-state index contributed by atoms with van der Waals surface area (Å²) in [5, 5.41) is 1.13. The normalized spacial score (nSPS) is 15.5. The van der Waals surface area contributed by atoms with Crippen molar-refractivity contribution in [2.45, 2.75) is 13.3 Å². The van der Waals surface area contributed by atoms with E-state index in [0.717, 1.165) is 16.1 Å². The number of esters is 1. The molecule has 0 radical (unpaired) electrons. The van der Waals surface area contributed by atoms with Gasteiger partial charge in [0, 0.05) is 34.0 Å². The van der Waals surface area contributed by atoms with Gasteiger partial charge in [-0.15, -0.1) is 11.3 Å². The largest absolute Gasteiger partial charge is 0.497 e. The van der Waals surface area contributed by atoms with Gasteiger partial charge in [0.2, 0.25) is 5.91 Å². The van der Waals surface area contributed by atoms with E-state index >= 15 is 0 Å². The van der Waals surface area contributed by atoms with Gasteiger partial charge in [0.05, 0.1) is 18.7 Å². The number of hydrogen-bond donors (Lipinski definition) is 0. The van der Waals surface area contributed by atoms with E-state index in [1.807, 2.05) is 25.1 Å². The molecule has 2 aromatic carbocycles. The first-order chi connectivity index (χ1) is 15.9. The molecule has 0 spiro atoms. The maximum Gasteiger partial charge on any atom is 0.311 e. The number of anilines is 1. The molecule has 1 aromatic heterocycles. The van der Waals surface area contributed by atoms with Crippen molar-refractivity contribution in [3.63, 3.8) is 0 Å². The Labute approximate surface area is 199 Å². The molecule has 170 valence electrons. The maximum atomic E-state index is 12.6. The van der Waals surface area contributed by atoms with E-state index in [0.29, 0.717) is 21.5 Å². The summed E-state index contributed by atoms with van der Waals surface area (Å²) in [4.78, 5) is 44.5. The van der Waals surface area contributed by atoms with Gasteiger partial charge in [-0.25, -0.2) is 4.98 Å². The lowest BCUT2D eigenvalue weighted by atomic mass is 10.1. The number of aromatic nitrogens is 1. The number of nitrogens with zero attached hydrogens (tertiary/aromatic N) is 2. The molecule has 1 saturated heterocycles. The molecule has 1 atom stereocenters. The Bertz CT molecular complexity index is 1210. The number of Topliss-reactive ketones (excluding diaryl/α,β-unsaturated/α-hetero) is 1. The van der Waals surface area contributed by atoms with E-state index in [9.17, 15) is 14.4 Å². The predicted molar refractivity (Wildman–Crippen MR) is 126 cm³/mol. The van der Waals surface area contributed by atoms with Gasteiger partial charge in [-0.3, -0.25) is 19.3 Å². The summed E-state index contributed by atoms with van der Waals surface area (Å²) in [6, 6.07) is 13.9. The topological polar surface area (TPSA) is 85.8 Å². The lowest BCUT2D eigenvalue weighted by molar-refractivity contribution is -0.147. The minimum Gasteiger partial charge on any atom is -0.497 e. The SMILES string of the molecule is COc1ccc(C(=O)COC(=O)C2CC(=O)N(c3nc(-c4cccc(Cl)c4)c(C)s3)C2)cc1. The molecule has 7 nitrogen and oxygen atoms in total. The highest BCUT2D eigenvalue weighted by atomic mass is 35.5. The van der Waals surface area contributed by atoms with Crippen LogP contribution >= 0.6 is 22.9 Å². The quantitative estimate of drug-likeness (QED) is 0.361. The second-order valence-corrected chi connectivity index (χ2v) is 9.19. The van der Waals surface area contributed by atoms with Gasteiger partial charge in [0.1, 0.15) is 5.75 Å². The van der Waals surface area contributed by atoms with E-state index in [-0.39, 0.29) is 31.3 Å². The van der Waals surface area contributed by atoms with Gasteiger partial charge in [0.25, 0.3) is 0 Å². The molecule has 1 aliphatic rings. The molecule has 0 bridgehead atoms. The summed E-state index contributed by atoms with van der Waals surface area (Å²) in [5.41, 5.74) is 2.03. The molecule has 0 N–H and O–H groups in total. The maximum absolute atomic E-state index is 12.6. The average molecular weight is 485 g/mol. The molecule has 2 heterocycles. The number of thiazole rings is 1. The summed E-state index contributed by atoms with van der Waals surface area (Å²) in [6.45, 7) is 1.70. The van der Waals surface area contributed by atoms with Crippen LogP contribution < -0.4 is 9.64 Å². The van der Waals surface area contributed by atoms with Crippen molar-refractivity contribution in [3.8, 4) is 17.0 Å². The first-order valence-corrected chi connectivity index (χ1v) is 11.4. The monoisotopic (exact) mass is 484 g/mol. The molecule has 0 aliphatic carbocycles. The van der Waals surface area contributed by atoms with Crippen LogP contribution in [0.4, 0.5) is 5.13 Å². The molecule has 1 amide bonds. The van der Waals surface area contributed by atoms with Crippen molar-refractivity contribution in [2.24, 2.45) is 5.92 Å². The molecule has 33 heavy (non-hydrogen) atoms. The van der Waals surface area contributed by atoms with Crippen molar-refractivity contribution in [1.29, 1.82) is 0 Å². The minimum absolute atomic E-state index is 0.0146. The van der Waals surface area contributed by atoms with Gasteiger partial charge in [-0.05, 0) is 43.3 Å². The third kappa shape index (κ3) is 5.07. The molecule has 9 heteroatoms. The van der Waals surface area contributed by atoms with Crippen LogP contribution in [0.1, 0.15) is 21.7 Å². The molecule has 1 aliphatic heterocycles. The van der Waals surface area contributed by atoms with Gasteiger partial charge in [0.15, 0.2) is 17.5 Å².